The summed E-state index contributed by atoms with van der Waals surface area (Å²) < 4.78 is 5.39. The lowest BCUT2D eigenvalue weighted by Crippen LogP contribution is -2.55. The van der Waals surface area contributed by atoms with Crippen LogP contribution in [-0.2, 0) is 14.4 Å². The van der Waals surface area contributed by atoms with Gasteiger partial charge in [-0.2, -0.15) is 0 Å². The highest BCUT2D eigenvalue weighted by atomic mass is 16.5. The maximum absolute atomic E-state index is 13.2. The van der Waals surface area contributed by atoms with E-state index in [9.17, 15) is 19.5 Å². The molecule has 140 valence electrons. The van der Waals surface area contributed by atoms with E-state index in [-0.39, 0.29) is 5.91 Å². The third-order valence-electron chi connectivity index (χ3n) is 5.38. The van der Waals surface area contributed by atoms with Crippen LogP contribution in [0, 0.1) is 11.8 Å². The molecule has 0 aliphatic carbocycles. The van der Waals surface area contributed by atoms with E-state index in [0.29, 0.717) is 11.3 Å². The van der Waals surface area contributed by atoms with E-state index in [2.05, 4.69) is 5.32 Å². The minimum atomic E-state index is -1.54. The Bertz CT molecular complexity index is 784. The molecule has 0 bridgehead atoms. The minimum absolute atomic E-state index is 0.346. The van der Waals surface area contributed by atoms with Crippen LogP contribution >= 0.6 is 0 Å². The Morgan fingerprint density at radius 3 is 2.38 bits per heavy atom. The molecule has 2 aliphatic rings. The van der Waals surface area contributed by atoms with Gasteiger partial charge >= 0.3 is 5.97 Å². The summed E-state index contributed by atoms with van der Waals surface area (Å²) in [4.78, 5) is 39.5. The summed E-state index contributed by atoms with van der Waals surface area (Å²) in [5.74, 6) is -3.15. The number of benzene rings is 1. The summed E-state index contributed by atoms with van der Waals surface area (Å²) in [6, 6.07) is 6.52. The number of para-hydroxylation sites is 1. The number of fused-ring (bicyclic) bond motifs is 1. The van der Waals surface area contributed by atoms with Crippen LogP contribution in [0.5, 0.6) is 5.75 Å². The van der Waals surface area contributed by atoms with Crippen molar-refractivity contribution < 1.29 is 24.2 Å². The van der Waals surface area contributed by atoms with Gasteiger partial charge in [0.25, 0.3) is 0 Å². The smallest absolute Gasteiger partial charge is 0.324 e. The van der Waals surface area contributed by atoms with Crippen LogP contribution < -0.4 is 10.1 Å². The van der Waals surface area contributed by atoms with Crippen molar-refractivity contribution in [2.24, 2.45) is 11.8 Å². The van der Waals surface area contributed by atoms with E-state index >= 15 is 0 Å². The van der Waals surface area contributed by atoms with Gasteiger partial charge in [-0.3, -0.25) is 24.6 Å². The Hall–Kier alpha value is -2.41. The Morgan fingerprint density at radius 2 is 1.85 bits per heavy atom. The van der Waals surface area contributed by atoms with Crippen LogP contribution in [0.25, 0.3) is 0 Å². The molecule has 4 atom stereocenters. The van der Waals surface area contributed by atoms with Crippen molar-refractivity contribution in [3.63, 3.8) is 0 Å². The zero-order valence-electron chi connectivity index (χ0n) is 15.6. The monoisotopic (exact) mass is 360 g/mol. The van der Waals surface area contributed by atoms with Gasteiger partial charge in [0.1, 0.15) is 11.3 Å². The predicted octanol–water partition coefficient (Wildman–Crippen LogP) is 1.58. The molecule has 2 aliphatic heterocycles. The van der Waals surface area contributed by atoms with Gasteiger partial charge in [-0.15, -0.1) is 0 Å². The molecule has 1 aromatic rings. The van der Waals surface area contributed by atoms with Crippen molar-refractivity contribution in [1.82, 2.24) is 10.2 Å². The van der Waals surface area contributed by atoms with Crippen molar-refractivity contribution in [1.29, 1.82) is 0 Å². The van der Waals surface area contributed by atoms with Crippen LogP contribution in [0.3, 0.4) is 0 Å². The highest BCUT2D eigenvalue weighted by Crippen LogP contribution is 2.51. The van der Waals surface area contributed by atoms with Gasteiger partial charge in [-0.05, 0) is 33.8 Å². The fraction of sp³-hybridized carbons (Fsp3) is 0.526. The van der Waals surface area contributed by atoms with Crippen molar-refractivity contribution in [3.8, 4) is 5.75 Å². The first kappa shape index (κ1) is 18.4. The summed E-state index contributed by atoms with van der Waals surface area (Å²) in [5, 5.41) is 12.9. The molecule has 26 heavy (non-hydrogen) atoms. The van der Waals surface area contributed by atoms with Crippen LogP contribution in [-0.4, -0.2) is 46.0 Å². The second-order valence-corrected chi connectivity index (χ2v) is 8.06. The number of hydrogen-bond acceptors (Lipinski definition) is 5. The molecule has 7 heteroatoms. The van der Waals surface area contributed by atoms with Gasteiger partial charge in [0.15, 0.2) is 0 Å². The van der Waals surface area contributed by atoms with E-state index in [4.69, 9.17) is 4.74 Å². The van der Waals surface area contributed by atoms with Crippen LogP contribution in [0.1, 0.15) is 39.3 Å². The highest BCUT2D eigenvalue weighted by Gasteiger charge is 2.68. The first-order valence-corrected chi connectivity index (χ1v) is 8.56. The van der Waals surface area contributed by atoms with Gasteiger partial charge in [0.05, 0.1) is 18.9 Å². The highest BCUT2D eigenvalue weighted by molar-refractivity contribution is 6.10. The normalized spacial score (nSPS) is 31.3. The SMILES string of the molecule is COc1ccccc1C1NC(C)(C(=O)O)C2C(=O)N(C(C)(C)C)C(=O)C12. The number of methoxy groups -OCH3 is 1. The fourth-order valence-electron chi connectivity index (χ4n) is 4.19. The average Bonchev–Trinajstić information content (AvgIpc) is 3.02. The number of aliphatic carboxylic acids is 1. The number of carboxylic acids is 1. The third-order valence-corrected chi connectivity index (χ3v) is 5.38. The Morgan fingerprint density at radius 1 is 1.23 bits per heavy atom. The molecule has 0 spiro atoms. The van der Waals surface area contributed by atoms with E-state index in [1.54, 1.807) is 45.0 Å². The number of carbonyl (C=O) groups excluding carboxylic acids is 2. The molecule has 2 saturated heterocycles. The molecule has 2 N–H and O–H groups in total. The van der Waals surface area contributed by atoms with Gasteiger partial charge in [-0.1, -0.05) is 18.2 Å². The molecular weight excluding hydrogens is 336 g/mol. The number of rotatable bonds is 3. The maximum atomic E-state index is 13.2. The summed E-state index contributed by atoms with van der Waals surface area (Å²) in [6.07, 6.45) is 0. The average molecular weight is 360 g/mol. The number of carbonyl (C=O) groups is 3. The van der Waals surface area contributed by atoms with Crippen molar-refractivity contribution in [2.45, 2.75) is 44.8 Å². The summed E-state index contributed by atoms with van der Waals surface area (Å²) in [7, 11) is 1.52. The van der Waals surface area contributed by atoms with E-state index in [1.165, 1.54) is 18.9 Å². The van der Waals surface area contributed by atoms with Gasteiger partial charge in [-0.25, -0.2) is 0 Å². The standard InChI is InChI=1S/C19H24N2O5/c1-18(2,3)21-15(22)12-13(16(21)23)19(4,17(24)25)20-14(12)10-8-6-7-9-11(10)26-5/h6-9,12-14,20H,1-5H3,(H,24,25). The first-order valence-electron chi connectivity index (χ1n) is 8.56. The first-order chi connectivity index (χ1) is 12.0. The number of hydrogen-bond donors (Lipinski definition) is 2. The third kappa shape index (κ3) is 2.41. The molecule has 2 amide bonds. The quantitative estimate of drug-likeness (QED) is 0.795. The second-order valence-electron chi connectivity index (χ2n) is 8.06. The molecule has 0 aromatic heterocycles. The molecule has 1 aromatic carbocycles. The van der Waals surface area contributed by atoms with E-state index in [1.807, 2.05) is 0 Å². The second kappa shape index (κ2) is 5.81. The summed E-state index contributed by atoms with van der Waals surface area (Å²) in [6.45, 7) is 6.79. The number of carboxylic acid groups (broad SMARTS) is 1. The predicted molar refractivity (Wildman–Crippen MR) is 93.5 cm³/mol. The molecule has 3 rings (SSSR count). The maximum Gasteiger partial charge on any atom is 0.324 e. The topological polar surface area (TPSA) is 95.9 Å². The molecule has 2 heterocycles. The van der Waals surface area contributed by atoms with Gasteiger partial charge in [0.2, 0.25) is 11.8 Å². The Labute approximate surface area is 152 Å². The summed E-state index contributed by atoms with van der Waals surface area (Å²) in [5.41, 5.74) is -1.58. The number of imide groups is 1. The molecule has 0 radical (unpaired) electrons. The van der Waals surface area contributed by atoms with E-state index < -0.39 is 40.8 Å². The number of likely N-dealkylation sites (tertiary alicyclic amines) is 1. The molecule has 7 nitrogen and oxygen atoms in total. The van der Waals surface area contributed by atoms with E-state index in [0.717, 1.165) is 0 Å². The number of nitrogens with one attached hydrogen (secondary N) is 1. The molecule has 0 saturated carbocycles. The Kier molecular flexibility index (Phi) is 4.10. The lowest BCUT2D eigenvalue weighted by atomic mass is 9.80. The van der Waals surface area contributed by atoms with Crippen molar-refractivity contribution in [2.75, 3.05) is 7.11 Å². The lowest BCUT2D eigenvalue weighted by molar-refractivity contribution is -0.152. The fourth-order valence-corrected chi connectivity index (χ4v) is 4.19. The number of ether oxygens (including phenoxy) is 1. The van der Waals surface area contributed by atoms with Crippen LogP contribution in [0.4, 0.5) is 0 Å². The van der Waals surface area contributed by atoms with Crippen LogP contribution in [0.2, 0.25) is 0 Å². The zero-order valence-corrected chi connectivity index (χ0v) is 15.6. The van der Waals surface area contributed by atoms with Gasteiger partial charge in [0, 0.05) is 17.1 Å². The molecule has 4 unspecified atom stereocenters. The minimum Gasteiger partial charge on any atom is -0.496 e. The Balaban J connectivity index is 2.17. The molecular formula is C19H24N2O5. The van der Waals surface area contributed by atoms with Crippen molar-refractivity contribution >= 4 is 17.8 Å². The van der Waals surface area contributed by atoms with Gasteiger partial charge < -0.3 is 9.84 Å². The zero-order chi connectivity index (χ0) is 19.4. The van der Waals surface area contributed by atoms with Crippen molar-refractivity contribution in [3.05, 3.63) is 29.8 Å². The summed E-state index contributed by atoms with van der Waals surface area (Å²) >= 11 is 0. The number of nitrogens with zero attached hydrogens (tertiary/aromatic N) is 1. The largest absolute Gasteiger partial charge is 0.496 e. The number of amides is 2. The lowest BCUT2D eigenvalue weighted by Gasteiger charge is -2.34. The van der Waals surface area contributed by atoms with Crippen LogP contribution in [0.15, 0.2) is 24.3 Å². The molecule has 2 fully saturated rings.